The Labute approximate surface area is 92.9 Å². The van der Waals surface area contributed by atoms with Crippen LogP contribution in [0.4, 0.5) is 13.2 Å². The molecule has 0 saturated heterocycles. The summed E-state index contributed by atoms with van der Waals surface area (Å²) in [5.74, 6) is 0. The zero-order chi connectivity index (χ0) is 10.8. The number of alkyl halides is 3. The highest BCUT2D eigenvalue weighted by molar-refractivity contribution is 5.85. The zero-order valence-electron chi connectivity index (χ0n) is 8.21. The third-order valence-electron chi connectivity index (χ3n) is 1.81. The van der Waals surface area contributed by atoms with Gasteiger partial charge in [0.05, 0.1) is 5.56 Å². The first-order chi connectivity index (χ1) is 6.39. The maximum atomic E-state index is 12.3. The second kappa shape index (κ2) is 5.37. The lowest BCUT2D eigenvalue weighted by Gasteiger charge is -2.09. The van der Waals surface area contributed by atoms with Crippen LogP contribution in [0.5, 0.6) is 0 Å². The van der Waals surface area contributed by atoms with Crippen LogP contribution in [-0.4, -0.2) is 6.04 Å². The number of hydrogen-bond acceptors (Lipinski definition) is 1. The maximum Gasteiger partial charge on any atom is 0.416 e. The van der Waals surface area contributed by atoms with Gasteiger partial charge in [-0.15, -0.1) is 12.4 Å². The third kappa shape index (κ3) is 4.53. The van der Waals surface area contributed by atoms with Gasteiger partial charge < -0.3 is 5.73 Å². The van der Waals surface area contributed by atoms with Crippen molar-refractivity contribution < 1.29 is 13.2 Å². The Balaban J connectivity index is 0.00000196. The highest BCUT2D eigenvalue weighted by Gasteiger charge is 2.30. The van der Waals surface area contributed by atoms with Gasteiger partial charge >= 0.3 is 6.18 Å². The minimum Gasteiger partial charge on any atom is -0.328 e. The molecule has 0 aromatic heterocycles. The minimum atomic E-state index is -4.27. The molecule has 0 saturated carbocycles. The van der Waals surface area contributed by atoms with Crippen LogP contribution in [0.25, 0.3) is 0 Å². The molecule has 1 aromatic carbocycles. The number of hydrogen-bond donors (Lipinski definition) is 1. The number of rotatable bonds is 2. The van der Waals surface area contributed by atoms with Crippen molar-refractivity contribution in [1.82, 2.24) is 0 Å². The first-order valence-electron chi connectivity index (χ1n) is 4.31. The van der Waals surface area contributed by atoms with Crippen LogP contribution >= 0.6 is 12.4 Å². The van der Waals surface area contributed by atoms with Crippen LogP contribution < -0.4 is 5.73 Å². The van der Waals surface area contributed by atoms with E-state index in [0.717, 1.165) is 12.1 Å². The second-order valence-corrected chi connectivity index (χ2v) is 3.38. The average molecular weight is 240 g/mol. The molecule has 1 rings (SSSR count). The van der Waals surface area contributed by atoms with Gasteiger partial charge in [-0.25, -0.2) is 0 Å². The van der Waals surface area contributed by atoms with Crippen molar-refractivity contribution in [3.8, 4) is 0 Å². The zero-order valence-corrected chi connectivity index (χ0v) is 9.03. The molecule has 1 atom stereocenters. The van der Waals surface area contributed by atoms with Crippen molar-refractivity contribution >= 4 is 12.4 Å². The summed E-state index contributed by atoms with van der Waals surface area (Å²) in [5, 5.41) is 0. The van der Waals surface area contributed by atoms with Crippen LogP contribution in [0.2, 0.25) is 0 Å². The molecule has 0 aliphatic carbocycles. The molecule has 1 unspecified atom stereocenters. The van der Waals surface area contributed by atoms with Crippen LogP contribution in [0, 0.1) is 0 Å². The van der Waals surface area contributed by atoms with Crippen molar-refractivity contribution in [3.05, 3.63) is 35.4 Å². The normalized spacial score (nSPS) is 13.1. The molecule has 2 N–H and O–H groups in total. The highest BCUT2D eigenvalue weighted by Crippen LogP contribution is 2.29. The van der Waals surface area contributed by atoms with Gasteiger partial charge in [-0.05, 0) is 25.0 Å². The van der Waals surface area contributed by atoms with Crippen molar-refractivity contribution in [2.75, 3.05) is 0 Å². The highest BCUT2D eigenvalue weighted by atomic mass is 35.5. The first kappa shape index (κ1) is 14.3. The van der Waals surface area contributed by atoms with E-state index in [4.69, 9.17) is 5.73 Å². The van der Waals surface area contributed by atoms with Crippen molar-refractivity contribution in [3.63, 3.8) is 0 Å². The number of halogens is 4. The molecule has 0 amide bonds. The quantitative estimate of drug-likeness (QED) is 0.844. The Hall–Kier alpha value is -0.740. The standard InChI is InChI=1S/C10H12F3N.ClH/c1-7(14)5-8-3-2-4-9(6-8)10(11,12)13;/h2-4,6-7H,5,14H2,1H3;1H. The Kier molecular flexibility index (Phi) is 5.11. The predicted molar refractivity (Wildman–Crippen MR) is 56.0 cm³/mol. The molecule has 0 fully saturated rings. The molecule has 0 aliphatic heterocycles. The van der Waals surface area contributed by atoms with Crippen LogP contribution in [0.3, 0.4) is 0 Å². The van der Waals surface area contributed by atoms with Crippen molar-refractivity contribution in [2.45, 2.75) is 25.6 Å². The molecule has 0 radical (unpaired) electrons. The lowest BCUT2D eigenvalue weighted by Crippen LogP contribution is -2.18. The maximum absolute atomic E-state index is 12.3. The monoisotopic (exact) mass is 239 g/mol. The first-order valence-corrected chi connectivity index (χ1v) is 4.31. The Morgan fingerprint density at radius 3 is 2.40 bits per heavy atom. The van der Waals surface area contributed by atoms with Crippen molar-refractivity contribution in [2.24, 2.45) is 5.73 Å². The summed E-state index contributed by atoms with van der Waals surface area (Å²) in [6, 6.07) is 5.13. The van der Waals surface area contributed by atoms with Gasteiger partial charge in [0.25, 0.3) is 0 Å². The van der Waals surface area contributed by atoms with Crippen molar-refractivity contribution in [1.29, 1.82) is 0 Å². The smallest absolute Gasteiger partial charge is 0.328 e. The van der Waals surface area contributed by atoms with Crippen LogP contribution in [0.15, 0.2) is 24.3 Å². The number of nitrogens with two attached hydrogens (primary N) is 1. The fourth-order valence-corrected chi connectivity index (χ4v) is 1.25. The van der Waals surface area contributed by atoms with E-state index in [1.807, 2.05) is 0 Å². The van der Waals surface area contributed by atoms with Gasteiger partial charge in [-0.3, -0.25) is 0 Å². The molecule has 15 heavy (non-hydrogen) atoms. The summed E-state index contributed by atoms with van der Waals surface area (Å²) in [5.41, 5.74) is 5.51. The summed E-state index contributed by atoms with van der Waals surface area (Å²) < 4.78 is 36.8. The van der Waals surface area contributed by atoms with E-state index in [1.54, 1.807) is 13.0 Å². The molecular formula is C10H13ClF3N. The molecule has 0 bridgehead atoms. The summed E-state index contributed by atoms with van der Waals surface area (Å²) in [6.07, 6.45) is -3.81. The van der Waals surface area contributed by atoms with E-state index in [0.29, 0.717) is 12.0 Å². The fourth-order valence-electron chi connectivity index (χ4n) is 1.25. The summed E-state index contributed by atoms with van der Waals surface area (Å²) in [4.78, 5) is 0. The van der Waals surface area contributed by atoms with Gasteiger partial charge in [-0.2, -0.15) is 13.2 Å². The molecule has 0 aliphatic rings. The lowest BCUT2D eigenvalue weighted by atomic mass is 10.0. The van der Waals surface area contributed by atoms with E-state index < -0.39 is 11.7 Å². The summed E-state index contributed by atoms with van der Waals surface area (Å²) in [6.45, 7) is 1.76. The molecule has 1 nitrogen and oxygen atoms in total. The Morgan fingerprint density at radius 2 is 1.93 bits per heavy atom. The lowest BCUT2D eigenvalue weighted by molar-refractivity contribution is -0.137. The van der Waals surface area contributed by atoms with Gasteiger partial charge in [0.2, 0.25) is 0 Å². The average Bonchev–Trinajstić information content (AvgIpc) is 2.01. The van der Waals surface area contributed by atoms with Gasteiger partial charge in [0.1, 0.15) is 0 Å². The Morgan fingerprint density at radius 1 is 1.33 bits per heavy atom. The number of benzene rings is 1. The molecule has 86 valence electrons. The molecule has 0 spiro atoms. The van der Waals surface area contributed by atoms with Gasteiger partial charge in [-0.1, -0.05) is 18.2 Å². The summed E-state index contributed by atoms with van der Waals surface area (Å²) >= 11 is 0. The second-order valence-electron chi connectivity index (χ2n) is 3.38. The summed E-state index contributed by atoms with van der Waals surface area (Å²) in [7, 11) is 0. The minimum absolute atomic E-state index is 0. The molecule has 0 heterocycles. The van der Waals surface area contributed by atoms with E-state index in [2.05, 4.69) is 0 Å². The van der Waals surface area contributed by atoms with Crippen LogP contribution in [-0.2, 0) is 12.6 Å². The van der Waals surface area contributed by atoms with E-state index >= 15 is 0 Å². The van der Waals surface area contributed by atoms with E-state index in [-0.39, 0.29) is 18.4 Å². The predicted octanol–water partition coefficient (Wildman–Crippen LogP) is 3.02. The third-order valence-corrected chi connectivity index (χ3v) is 1.81. The SMILES string of the molecule is CC(N)Cc1cccc(C(F)(F)F)c1.Cl. The van der Waals surface area contributed by atoms with Gasteiger partial charge in [0, 0.05) is 6.04 Å². The molecular weight excluding hydrogens is 227 g/mol. The van der Waals surface area contributed by atoms with E-state index in [1.165, 1.54) is 6.07 Å². The molecule has 1 aromatic rings. The Bertz CT molecular complexity index is 310. The topological polar surface area (TPSA) is 26.0 Å². The van der Waals surface area contributed by atoms with Crippen LogP contribution in [0.1, 0.15) is 18.1 Å². The molecule has 5 heteroatoms. The van der Waals surface area contributed by atoms with Gasteiger partial charge in [0.15, 0.2) is 0 Å². The fraction of sp³-hybridized carbons (Fsp3) is 0.400. The largest absolute Gasteiger partial charge is 0.416 e. The van der Waals surface area contributed by atoms with E-state index in [9.17, 15) is 13.2 Å².